The molecule has 0 unspecified atom stereocenters. The molecule has 1 aromatic heterocycles. The van der Waals surface area contributed by atoms with Crippen LogP contribution in [0.25, 0.3) is 0 Å². The lowest BCUT2D eigenvalue weighted by Gasteiger charge is -2.36. The Morgan fingerprint density at radius 1 is 1.09 bits per heavy atom. The van der Waals surface area contributed by atoms with Crippen LogP contribution in [0.4, 0.5) is 5.69 Å². The van der Waals surface area contributed by atoms with Crippen molar-refractivity contribution in [2.75, 3.05) is 30.8 Å². The molecule has 1 amide bonds. The highest BCUT2D eigenvalue weighted by atomic mass is 32.2. The Kier molecular flexibility index (Phi) is 5.93. The molecule has 0 N–H and O–H groups in total. The summed E-state index contributed by atoms with van der Waals surface area (Å²) in [5.74, 6) is -0.0572. The number of aryl methyl sites for hydroxylation is 3. The summed E-state index contributed by atoms with van der Waals surface area (Å²) in [6.07, 6.45) is 3.50. The third-order valence-electron chi connectivity index (χ3n) is 6.23. The monoisotopic (exact) mass is 481 g/mol. The smallest absolute Gasteiger partial charge is 0.248 e. The van der Waals surface area contributed by atoms with Crippen LogP contribution in [0.3, 0.4) is 0 Å². The molecular formula is C21H27N3O6S2. The zero-order valence-corrected chi connectivity index (χ0v) is 20.0. The quantitative estimate of drug-likeness (QED) is 0.656. The van der Waals surface area contributed by atoms with Gasteiger partial charge in [-0.3, -0.25) is 4.79 Å². The van der Waals surface area contributed by atoms with Gasteiger partial charge >= 0.3 is 0 Å². The lowest BCUT2D eigenvalue weighted by atomic mass is 9.94. The van der Waals surface area contributed by atoms with Gasteiger partial charge in [-0.15, -0.1) is 0 Å². The van der Waals surface area contributed by atoms with E-state index in [1.807, 2.05) is 0 Å². The van der Waals surface area contributed by atoms with Crippen LogP contribution >= 0.6 is 0 Å². The van der Waals surface area contributed by atoms with Gasteiger partial charge in [0.15, 0.2) is 15.6 Å². The van der Waals surface area contributed by atoms with Crippen LogP contribution in [0.5, 0.6) is 0 Å². The third kappa shape index (κ3) is 4.08. The van der Waals surface area contributed by atoms with Crippen molar-refractivity contribution in [3.8, 4) is 0 Å². The summed E-state index contributed by atoms with van der Waals surface area (Å²) in [6, 6.07) is 4.90. The predicted octanol–water partition coefficient (Wildman–Crippen LogP) is 2.08. The molecule has 2 aromatic rings. The summed E-state index contributed by atoms with van der Waals surface area (Å²) in [4.78, 5) is 15.4. The summed E-state index contributed by atoms with van der Waals surface area (Å²) in [5, 5.41) is 3.74. The van der Waals surface area contributed by atoms with Crippen LogP contribution < -0.4 is 4.90 Å². The maximum Gasteiger partial charge on any atom is 0.248 e. The topological polar surface area (TPSA) is 118 Å². The maximum atomic E-state index is 13.3. The number of piperidine rings is 1. The fourth-order valence-electron chi connectivity index (χ4n) is 4.57. The fourth-order valence-corrected chi connectivity index (χ4v) is 7.00. The molecule has 2 aliphatic heterocycles. The Balaban J connectivity index is 1.49. The number of sulfonamides is 1. The summed E-state index contributed by atoms with van der Waals surface area (Å²) in [6.45, 7) is 4.24. The summed E-state index contributed by atoms with van der Waals surface area (Å²) < 4.78 is 56.2. The molecule has 0 atom stereocenters. The average Bonchev–Trinajstić information content (AvgIpc) is 3.10. The molecule has 0 bridgehead atoms. The van der Waals surface area contributed by atoms with Crippen molar-refractivity contribution in [3.05, 3.63) is 35.2 Å². The fraction of sp³-hybridized carbons (Fsp3) is 0.524. The average molecular weight is 482 g/mol. The minimum Gasteiger partial charge on any atom is -0.360 e. The largest absolute Gasteiger partial charge is 0.360 e. The van der Waals surface area contributed by atoms with E-state index in [2.05, 4.69) is 5.16 Å². The van der Waals surface area contributed by atoms with E-state index in [4.69, 9.17) is 4.52 Å². The highest BCUT2D eigenvalue weighted by Crippen LogP contribution is 2.33. The van der Waals surface area contributed by atoms with Crippen molar-refractivity contribution in [1.29, 1.82) is 0 Å². The van der Waals surface area contributed by atoms with Gasteiger partial charge in [0.1, 0.15) is 10.6 Å². The van der Waals surface area contributed by atoms with E-state index in [1.54, 1.807) is 36.9 Å². The number of benzene rings is 1. The number of rotatable bonds is 4. The standard InChI is InChI=1S/C21H27N3O6S2/c1-14-20(15(2)30-22-14)32(28,29)23-11-8-16(9-12-23)21(25)24-10-4-5-17-13-18(31(3,26)27)6-7-19(17)24/h6-7,13,16H,4-5,8-12H2,1-3H3. The number of fused-ring (bicyclic) bond motifs is 1. The van der Waals surface area contributed by atoms with Crippen LogP contribution in [-0.4, -0.2) is 58.1 Å². The first-order valence-electron chi connectivity index (χ1n) is 10.6. The second-order valence-corrected chi connectivity index (χ2v) is 12.4. The lowest BCUT2D eigenvalue weighted by Crippen LogP contribution is -2.45. The lowest BCUT2D eigenvalue weighted by molar-refractivity contribution is -0.123. The third-order valence-corrected chi connectivity index (χ3v) is 9.49. The molecule has 3 heterocycles. The Hall–Kier alpha value is -2.24. The van der Waals surface area contributed by atoms with Crippen molar-refractivity contribution in [2.45, 2.75) is 49.3 Å². The van der Waals surface area contributed by atoms with E-state index < -0.39 is 19.9 Å². The number of anilines is 1. The molecule has 4 rings (SSSR count). The Bertz CT molecular complexity index is 1240. The number of hydrogen-bond donors (Lipinski definition) is 0. The van der Waals surface area contributed by atoms with Gasteiger partial charge in [0.05, 0.1) is 4.90 Å². The van der Waals surface area contributed by atoms with Crippen molar-refractivity contribution in [3.63, 3.8) is 0 Å². The number of hydrogen-bond acceptors (Lipinski definition) is 7. The van der Waals surface area contributed by atoms with E-state index in [0.29, 0.717) is 25.1 Å². The summed E-state index contributed by atoms with van der Waals surface area (Å²) in [7, 11) is -7.04. The summed E-state index contributed by atoms with van der Waals surface area (Å²) in [5.41, 5.74) is 1.93. The second-order valence-electron chi connectivity index (χ2n) is 8.49. The van der Waals surface area contributed by atoms with Crippen molar-refractivity contribution in [1.82, 2.24) is 9.46 Å². The molecule has 11 heteroatoms. The molecule has 1 fully saturated rings. The molecule has 9 nitrogen and oxygen atoms in total. The van der Waals surface area contributed by atoms with Crippen LogP contribution in [0.1, 0.15) is 36.3 Å². The molecule has 0 radical (unpaired) electrons. The highest BCUT2D eigenvalue weighted by molar-refractivity contribution is 7.90. The van der Waals surface area contributed by atoms with Gasteiger partial charge in [-0.25, -0.2) is 16.8 Å². The van der Waals surface area contributed by atoms with E-state index in [1.165, 1.54) is 10.6 Å². The SMILES string of the molecule is Cc1noc(C)c1S(=O)(=O)N1CCC(C(=O)N2CCCc3cc(S(C)(=O)=O)ccc32)CC1. The van der Waals surface area contributed by atoms with Crippen LogP contribution in [0.2, 0.25) is 0 Å². The molecule has 1 saturated heterocycles. The van der Waals surface area contributed by atoms with Crippen molar-refractivity contribution >= 4 is 31.5 Å². The van der Waals surface area contributed by atoms with E-state index in [9.17, 15) is 21.6 Å². The number of nitrogens with zero attached hydrogens (tertiary/aromatic N) is 3. The van der Waals surface area contributed by atoms with Gasteiger partial charge in [0.2, 0.25) is 15.9 Å². The molecule has 0 aliphatic carbocycles. The van der Waals surface area contributed by atoms with E-state index in [0.717, 1.165) is 24.1 Å². The number of carbonyl (C=O) groups is 1. The minimum atomic E-state index is -3.73. The Labute approximate surface area is 188 Å². The number of carbonyl (C=O) groups excluding carboxylic acids is 1. The molecule has 0 spiro atoms. The van der Waals surface area contributed by atoms with Crippen molar-refractivity contribution in [2.24, 2.45) is 5.92 Å². The second kappa shape index (κ2) is 8.27. The maximum absolute atomic E-state index is 13.3. The van der Waals surface area contributed by atoms with Gasteiger partial charge in [0.25, 0.3) is 0 Å². The van der Waals surface area contributed by atoms with Gasteiger partial charge in [-0.2, -0.15) is 4.31 Å². The molecule has 0 saturated carbocycles. The first-order chi connectivity index (χ1) is 15.0. The van der Waals surface area contributed by atoms with Crippen LogP contribution in [0.15, 0.2) is 32.5 Å². The highest BCUT2D eigenvalue weighted by Gasteiger charge is 2.37. The minimum absolute atomic E-state index is 0.0348. The van der Waals surface area contributed by atoms with Gasteiger partial charge < -0.3 is 9.42 Å². The van der Waals surface area contributed by atoms with Crippen LogP contribution in [-0.2, 0) is 31.1 Å². The predicted molar refractivity (Wildman–Crippen MR) is 118 cm³/mol. The molecule has 32 heavy (non-hydrogen) atoms. The normalized spacial score (nSPS) is 18.5. The van der Waals surface area contributed by atoms with Gasteiger partial charge in [0, 0.05) is 37.5 Å². The number of aromatic nitrogens is 1. The molecule has 1 aromatic carbocycles. The zero-order valence-electron chi connectivity index (χ0n) is 18.4. The number of sulfone groups is 1. The summed E-state index contributed by atoms with van der Waals surface area (Å²) >= 11 is 0. The first kappa shape index (κ1) is 22.9. The Morgan fingerprint density at radius 3 is 2.38 bits per heavy atom. The van der Waals surface area contributed by atoms with Gasteiger partial charge in [-0.05, 0) is 63.3 Å². The van der Waals surface area contributed by atoms with Crippen molar-refractivity contribution < 1.29 is 26.2 Å². The van der Waals surface area contributed by atoms with Crippen LogP contribution in [0, 0.1) is 19.8 Å². The number of amides is 1. The zero-order chi connectivity index (χ0) is 23.3. The first-order valence-corrected chi connectivity index (χ1v) is 13.9. The van der Waals surface area contributed by atoms with Gasteiger partial charge in [-0.1, -0.05) is 5.16 Å². The van der Waals surface area contributed by atoms with E-state index in [-0.39, 0.29) is 40.5 Å². The molecule has 2 aliphatic rings. The molecular weight excluding hydrogens is 454 g/mol. The van der Waals surface area contributed by atoms with E-state index >= 15 is 0 Å². The molecule has 174 valence electrons. The Morgan fingerprint density at radius 2 is 1.78 bits per heavy atom.